The standard InChI is InChI=1S/C12H14Cl2N2OS/c13-9-2-1-3-10(12(9)14)16-11(17)6-8-7-18-5-4-15-8/h1-3,8,15H,4-7H2,(H,16,17). The van der Waals surface area contributed by atoms with Crippen LogP contribution in [0, 0.1) is 0 Å². The largest absolute Gasteiger partial charge is 0.325 e. The first-order chi connectivity index (χ1) is 8.66. The van der Waals surface area contributed by atoms with Crippen molar-refractivity contribution in [2.75, 3.05) is 23.4 Å². The van der Waals surface area contributed by atoms with Crippen molar-refractivity contribution in [2.24, 2.45) is 0 Å². The topological polar surface area (TPSA) is 41.1 Å². The molecule has 2 rings (SSSR count). The molecule has 0 aliphatic carbocycles. The lowest BCUT2D eigenvalue weighted by atomic mass is 10.2. The second-order valence-corrected chi connectivity index (χ2v) is 6.01. The molecule has 0 bridgehead atoms. The summed E-state index contributed by atoms with van der Waals surface area (Å²) in [6, 6.07) is 5.44. The number of hydrogen-bond acceptors (Lipinski definition) is 3. The molecule has 1 aromatic carbocycles. The first kappa shape index (κ1) is 14.0. The second-order valence-electron chi connectivity index (χ2n) is 4.08. The summed E-state index contributed by atoms with van der Waals surface area (Å²) >= 11 is 13.8. The monoisotopic (exact) mass is 304 g/mol. The lowest BCUT2D eigenvalue weighted by Gasteiger charge is -2.22. The molecule has 2 N–H and O–H groups in total. The maximum absolute atomic E-state index is 11.9. The normalized spacial score (nSPS) is 19.6. The summed E-state index contributed by atoms with van der Waals surface area (Å²) in [6.07, 6.45) is 0.454. The van der Waals surface area contributed by atoms with Crippen LogP contribution in [0.1, 0.15) is 6.42 Å². The third kappa shape index (κ3) is 3.79. The SMILES string of the molecule is O=C(CC1CSCCN1)Nc1cccc(Cl)c1Cl. The van der Waals surface area contributed by atoms with Crippen molar-refractivity contribution in [2.45, 2.75) is 12.5 Å². The third-order valence-electron chi connectivity index (χ3n) is 2.66. The second kappa shape index (κ2) is 6.66. The summed E-state index contributed by atoms with van der Waals surface area (Å²) in [5.41, 5.74) is 0.567. The number of amides is 1. The van der Waals surface area contributed by atoms with E-state index < -0.39 is 0 Å². The van der Waals surface area contributed by atoms with E-state index in [-0.39, 0.29) is 11.9 Å². The third-order valence-corrected chi connectivity index (χ3v) is 4.61. The maximum Gasteiger partial charge on any atom is 0.226 e. The van der Waals surface area contributed by atoms with Crippen LogP contribution >= 0.6 is 35.0 Å². The fourth-order valence-corrected chi connectivity index (χ4v) is 3.07. The lowest BCUT2D eigenvalue weighted by Crippen LogP contribution is -2.39. The lowest BCUT2D eigenvalue weighted by molar-refractivity contribution is -0.116. The maximum atomic E-state index is 11.9. The van der Waals surface area contributed by atoms with E-state index in [0.717, 1.165) is 18.1 Å². The van der Waals surface area contributed by atoms with Gasteiger partial charge in [-0.3, -0.25) is 4.79 Å². The van der Waals surface area contributed by atoms with Crippen LogP contribution in [0.4, 0.5) is 5.69 Å². The highest BCUT2D eigenvalue weighted by Crippen LogP contribution is 2.29. The first-order valence-electron chi connectivity index (χ1n) is 5.72. The van der Waals surface area contributed by atoms with E-state index in [2.05, 4.69) is 10.6 Å². The number of nitrogens with one attached hydrogen (secondary N) is 2. The zero-order chi connectivity index (χ0) is 13.0. The molecule has 0 spiro atoms. The molecule has 18 heavy (non-hydrogen) atoms. The Morgan fingerprint density at radius 3 is 3.06 bits per heavy atom. The van der Waals surface area contributed by atoms with Gasteiger partial charge in [0.15, 0.2) is 0 Å². The Morgan fingerprint density at radius 2 is 2.33 bits per heavy atom. The van der Waals surface area contributed by atoms with Gasteiger partial charge in [-0.2, -0.15) is 11.8 Å². The summed E-state index contributed by atoms with van der Waals surface area (Å²) in [6.45, 7) is 0.959. The smallest absolute Gasteiger partial charge is 0.226 e. The molecule has 1 atom stereocenters. The number of rotatable bonds is 3. The molecule has 1 aliphatic heterocycles. The van der Waals surface area contributed by atoms with Gasteiger partial charge in [0.2, 0.25) is 5.91 Å². The number of benzene rings is 1. The molecular formula is C12H14Cl2N2OS. The van der Waals surface area contributed by atoms with Crippen molar-refractivity contribution >= 4 is 46.6 Å². The van der Waals surface area contributed by atoms with Crippen LogP contribution in [0.25, 0.3) is 0 Å². The summed E-state index contributed by atoms with van der Waals surface area (Å²) in [4.78, 5) is 11.9. The van der Waals surface area contributed by atoms with Crippen molar-refractivity contribution in [1.82, 2.24) is 5.32 Å². The van der Waals surface area contributed by atoms with Crippen molar-refractivity contribution in [1.29, 1.82) is 0 Å². The van der Waals surface area contributed by atoms with Crippen molar-refractivity contribution < 1.29 is 4.79 Å². The summed E-state index contributed by atoms with van der Waals surface area (Å²) in [7, 11) is 0. The molecule has 0 saturated carbocycles. The van der Waals surface area contributed by atoms with Gasteiger partial charge in [0.1, 0.15) is 0 Å². The van der Waals surface area contributed by atoms with Gasteiger partial charge in [0, 0.05) is 30.5 Å². The van der Waals surface area contributed by atoms with Gasteiger partial charge in [-0.15, -0.1) is 0 Å². The minimum atomic E-state index is -0.0424. The van der Waals surface area contributed by atoms with Gasteiger partial charge in [-0.1, -0.05) is 29.3 Å². The quantitative estimate of drug-likeness (QED) is 0.902. The summed E-state index contributed by atoms with van der Waals surface area (Å²) in [5, 5.41) is 6.95. The number of carbonyl (C=O) groups excluding carboxylic acids is 1. The number of hydrogen-bond donors (Lipinski definition) is 2. The minimum absolute atomic E-state index is 0.0424. The van der Waals surface area contributed by atoms with Crippen LogP contribution in [0.2, 0.25) is 10.0 Å². The van der Waals surface area contributed by atoms with Crippen LogP contribution in [-0.2, 0) is 4.79 Å². The highest BCUT2D eigenvalue weighted by atomic mass is 35.5. The Labute approximate surface area is 121 Å². The van der Waals surface area contributed by atoms with Crippen LogP contribution in [0.15, 0.2) is 18.2 Å². The number of thioether (sulfide) groups is 1. The number of anilines is 1. The van der Waals surface area contributed by atoms with Gasteiger partial charge in [0.05, 0.1) is 15.7 Å². The Hall–Kier alpha value is -0.420. The van der Waals surface area contributed by atoms with E-state index in [1.807, 2.05) is 11.8 Å². The van der Waals surface area contributed by atoms with E-state index in [1.165, 1.54) is 0 Å². The van der Waals surface area contributed by atoms with Gasteiger partial charge in [-0.25, -0.2) is 0 Å². The molecular weight excluding hydrogens is 291 g/mol. The van der Waals surface area contributed by atoms with Crippen LogP contribution in [-0.4, -0.2) is 30.0 Å². The van der Waals surface area contributed by atoms with E-state index in [4.69, 9.17) is 23.2 Å². The predicted molar refractivity (Wildman–Crippen MR) is 78.8 cm³/mol. The Morgan fingerprint density at radius 1 is 1.50 bits per heavy atom. The molecule has 1 aliphatic rings. The molecule has 6 heteroatoms. The summed E-state index contributed by atoms with van der Waals surface area (Å²) in [5.74, 6) is 2.04. The van der Waals surface area contributed by atoms with Crippen LogP contribution < -0.4 is 10.6 Å². The molecule has 1 amide bonds. The van der Waals surface area contributed by atoms with E-state index in [9.17, 15) is 4.79 Å². The molecule has 1 aromatic rings. The Kier molecular flexibility index (Phi) is 5.18. The van der Waals surface area contributed by atoms with E-state index in [0.29, 0.717) is 22.2 Å². The molecule has 1 heterocycles. The first-order valence-corrected chi connectivity index (χ1v) is 7.63. The molecule has 0 aromatic heterocycles. The average Bonchev–Trinajstić information content (AvgIpc) is 2.36. The van der Waals surface area contributed by atoms with Crippen molar-refractivity contribution in [3.05, 3.63) is 28.2 Å². The Balaban J connectivity index is 1.92. The summed E-state index contributed by atoms with van der Waals surface area (Å²) < 4.78 is 0. The Bertz CT molecular complexity index is 436. The van der Waals surface area contributed by atoms with Crippen molar-refractivity contribution in [3.8, 4) is 0 Å². The van der Waals surface area contributed by atoms with E-state index >= 15 is 0 Å². The fraction of sp³-hybridized carbons (Fsp3) is 0.417. The highest BCUT2D eigenvalue weighted by molar-refractivity contribution is 7.99. The molecule has 98 valence electrons. The molecule has 0 radical (unpaired) electrons. The average molecular weight is 305 g/mol. The zero-order valence-electron chi connectivity index (χ0n) is 9.71. The zero-order valence-corrected chi connectivity index (χ0v) is 12.0. The van der Waals surface area contributed by atoms with Gasteiger partial charge < -0.3 is 10.6 Å². The van der Waals surface area contributed by atoms with Gasteiger partial charge in [-0.05, 0) is 12.1 Å². The fourth-order valence-electron chi connectivity index (χ4n) is 1.78. The molecule has 1 unspecified atom stereocenters. The number of carbonyl (C=O) groups is 1. The highest BCUT2D eigenvalue weighted by Gasteiger charge is 2.17. The van der Waals surface area contributed by atoms with Crippen LogP contribution in [0.3, 0.4) is 0 Å². The van der Waals surface area contributed by atoms with Gasteiger partial charge in [0.25, 0.3) is 0 Å². The number of halogens is 2. The molecule has 1 fully saturated rings. The van der Waals surface area contributed by atoms with Crippen molar-refractivity contribution in [3.63, 3.8) is 0 Å². The molecule has 3 nitrogen and oxygen atoms in total. The molecule has 1 saturated heterocycles. The predicted octanol–water partition coefficient (Wildman–Crippen LogP) is 3.03. The van der Waals surface area contributed by atoms with Gasteiger partial charge >= 0.3 is 0 Å². The minimum Gasteiger partial charge on any atom is -0.325 e. The van der Waals surface area contributed by atoms with E-state index in [1.54, 1.807) is 18.2 Å². The van der Waals surface area contributed by atoms with Crippen LogP contribution in [0.5, 0.6) is 0 Å².